The van der Waals surface area contributed by atoms with E-state index in [2.05, 4.69) is 15.3 Å². The van der Waals surface area contributed by atoms with Crippen molar-refractivity contribution in [2.75, 3.05) is 11.5 Å². The summed E-state index contributed by atoms with van der Waals surface area (Å²) in [5, 5.41) is 4.14. The molecule has 0 amide bonds. The zero-order valence-corrected chi connectivity index (χ0v) is 11.5. The molecule has 0 aliphatic carbocycles. The van der Waals surface area contributed by atoms with Gasteiger partial charge in [0.15, 0.2) is 0 Å². The Kier molecular flexibility index (Phi) is 3.84. The van der Waals surface area contributed by atoms with Gasteiger partial charge in [-0.15, -0.1) is 0 Å². The third-order valence-corrected chi connectivity index (χ3v) is 4.49. The van der Waals surface area contributed by atoms with Crippen LogP contribution in [0.4, 0.5) is 0 Å². The van der Waals surface area contributed by atoms with E-state index in [1.807, 2.05) is 30.0 Å². The Morgan fingerprint density at radius 3 is 2.95 bits per heavy atom. The lowest BCUT2D eigenvalue weighted by molar-refractivity contribution is 0.474. The minimum atomic E-state index is -0.0541. The van der Waals surface area contributed by atoms with E-state index in [0.717, 1.165) is 11.3 Å². The van der Waals surface area contributed by atoms with E-state index in [1.54, 1.807) is 6.07 Å². The molecule has 1 aliphatic heterocycles. The number of benzene rings is 1. The number of rotatable bonds is 3. The van der Waals surface area contributed by atoms with Crippen molar-refractivity contribution < 1.29 is 0 Å². The van der Waals surface area contributed by atoms with Crippen molar-refractivity contribution in [1.82, 2.24) is 15.3 Å². The molecule has 5 heteroatoms. The van der Waals surface area contributed by atoms with Gasteiger partial charge in [-0.25, -0.2) is 4.98 Å². The first-order chi connectivity index (χ1) is 9.33. The summed E-state index contributed by atoms with van der Waals surface area (Å²) in [5.74, 6) is 3.17. The smallest absolute Gasteiger partial charge is 0.258 e. The number of fused-ring (bicyclic) bond motifs is 1. The molecular formula is C14H17N3OS. The first kappa shape index (κ1) is 12.7. The van der Waals surface area contributed by atoms with Crippen LogP contribution in [0.25, 0.3) is 10.9 Å². The van der Waals surface area contributed by atoms with Crippen LogP contribution in [0.1, 0.15) is 18.7 Å². The summed E-state index contributed by atoms with van der Waals surface area (Å²) < 4.78 is 0. The molecule has 1 aromatic carbocycles. The highest BCUT2D eigenvalue weighted by molar-refractivity contribution is 7.99. The average molecular weight is 275 g/mol. The Hall–Kier alpha value is -1.33. The van der Waals surface area contributed by atoms with E-state index >= 15 is 0 Å². The van der Waals surface area contributed by atoms with Crippen LogP contribution in [0.3, 0.4) is 0 Å². The topological polar surface area (TPSA) is 57.8 Å². The molecule has 0 unspecified atom stereocenters. The predicted octanol–water partition coefficient (Wildman–Crippen LogP) is 1.91. The number of hydrogen-bond donors (Lipinski definition) is 2. The molecule has 1 aromatic heterocycles. The number of aromatic nitrogens is 2. The van der Waals surface area contributed by atoms with Crippen LogP contribution < -0.4 is 10.9 Å². The van der Waals surface area contributed by atoms with Crippen molar-refractivity contribution in [3.63, 3.8) is 0 Å². The van der Waals surface area contributed by atoms with Gasteiger partial charge in [0.1, 0.15) is 5.82 Å². The standard InChI is InChI=1S/C14H17N3OS/c18-14-11-3-1-2-4-12(11)16-13(17-14)9-15-10-5-7-19-8-6-10/h1-4,10,15H,5-9H2,(H,16,17,18). The summed E-state index contributed by atoms with van der Waals surface area (Å²) in [6.45, 7) is 0.634. The lowest BCUT2D eigenvalue weighted by Crippen LogP contribution is -2.33. The molecule has 19 heavy (non-hydrogen) atoms. The van der Waals surface area contributed by atoms with Gasteiger partial charge in [-0.05, 0) is 36.5 Å². The van der Waals surface area contributed by atoms with Gasteiger partial charge >= 0.3 is 0 Å². The number of nitrogens with one attached hydrogen (secondary N) is 2. The monoisotopic (exact) mass is 275 g/mol. The fourth-order valence-electron chi connectivity index (χ4n) is 2.36. The normalized spacial score (nSPS) is 16.8. The van der Waals surface area contributed by atoms with Crippen LogP contribution in [-0.4, -0.2) is 27.5 Å². The van der Waals surface area contributed by atoms with Gasteiger partial charge in [-0.3, -0.25) is 4.79 Å². The van der Waals surface area contributed by atoms with Crippen molar-refractivity contribution in [1.29, 1.82) is 0 Å². The highest BCUT2D eigenvalue weighted by atomic mass is 32.2. The lowest BCUT2D eigenvalue weighted by Gasteiger charge is -2.22. The second kappa shape index (κ2) is 5.75. The van der Waals surface area contributed by atoms with E-state index in [-0.39, 0.29) is 5.56 Å². The fraction of sp³-hybridized carbons (Fsp3) is 0.429. The van der Waals surface area contributed by atoms with Gasteiger partial charge in [-0.1, -0.05) is 12.1 Å². The van der Waals surface area contributed by atoms with E-state index in [4.69, 9.17) is 0 Å². The number of nitrogens with zero attached hydrogens (tertiary/aromatic N) is 1. The molecule has 0 atom stereocenters. The van der Waals surface area contributed by atoms with Crippen LogP contribution >= 0.6 is 11.8 Å². The summed E-state index contributed by atoms with van der Waals surface area (Å²) in [5.41, 5.74) is 0.712. The van der Waals surface area contributed by atoms with Gasteiger partial charge in [-0.2, -0.15) is 11.8 Å². The van der Waals surface area contributed by atoms with Crippen LogP contribution in [0.2, 0.25) is 0 Å². The Balaban J connectivity index is 1.75. The van der Waals surface area contributed by atoms with Gasteiger partial charge in [0.05, 0.1) is 17.4 Å². The molecule has 0 saturated carbocycles. The maximum Gasteiger partial charge on any atom is 0.258 e. The number of aromatic amines is 1. The molecule has 0 spiro atoms. The molecule has 1 saturated heterocycles. The van der Waals surface area contributed by atoms with Gasteiger partial charge < -0.3 is 10.3 Å². The molecule has 2 N–H and O–H groups in total. The van der Waals surface area contributed by atoms with Crippen molar-refractivity contribution in [3.05, 3.63) is 40.4 Å². The number of H-pyrrole nitrogens is 1. The maximum atomic E-state index is 11.9. The van der Waals surface area contributed by atoms with Crippen LogP contribution in [0.5, 0.6) is 0 Å². The van der Waals surface area contributed by atoms with Crippen LogP contribution in [0.15, 0.2) is 29.1 Å². The van der Waals surface area contributed by atoms with E-state index < -0.39 is 0 Å². The minimum Gasteiger partial charge on any atom is -0.309 e. The highest BCUT2D eigenvalue weighted by Gasteiger charge is 2.13. The Morgan fingerprint density at radius 1 is 1.32 bits per heavy atom. The zero-order chi connectivity index (χ0) is 13.1. The minimum absolute atomic E-state index is 0.0541. The molecule has 3 rings (SSSR count). The molecule has 2 heterocycles. The average Bonchev–Trinajstić information content (AvgIpc) is 2.46. The quantitative estimate of drug-likeness (QED) is 0.898. The molecule has 0 bridgehead atoms. The zero-order valence-electron chi connectivity index (χ0n) is 10.7. The molecule has 4 nitrogen and oxygen atoms in total. The van der Waals surface area contributed by atoms with E-state index in [1.165, 1.54) is 24.3 Å². The molecule has 1 aliphatic rings. The molecular weight excluding hydrogens is 258 g/mol. The second-order valence-corrected chi connectivity index (χ2v) is 6.02. The van der Waals surface area contributed by atoms with Crippen molar-refractivity contribution >= 4 is 22.7 Å². The van der Waals surface area contributed by atoms with E-state index in [0.29, 0.717) is 18.0 Å². The fourth-order valence-corrected chi connectivity index (χ4v) is 3.47. The molecule has 0 radical (unpaired) electrons. The van der Waals surface area contributed by atoms with Crippen molar-refractivity contribution in [2.45, 2.75) is 25.4 Å². The second-order valence-electron chi connectivity index (χ2n) is 4.80. The van der Waals surface area contributed by atoms with Gasteiger partial charge in [0, 0.05) is 6.04 Å². The summed E-state index contributed by atoms with van der Waals surface area (Å²) in [4.78, 5) is 19.3. The first-order valence-electron chi connectivity index (χ1n) is 6.62. The van der Waals surface area contributed by atoms with E-state index in [9.17, 15) is 4.79 Å². The largest absolute Gasteiger partial charge is 0.309 e. The first-order valence-corrected chi connectivity index (χ1v) is 7.77. The SMILES string of the molecule is O=c1[nH]c(CNC2CCSCC2)nc2ccccc12. The lowest BCUT2D eigenvalue weighted by atomic mass is 10.1. The predicted molar refractivity (Wildman–Crippen MR) is 79.6 cm³/mol. The number of para-hydroxylation sites is 1. The van der Waals surface area contributed by atoms with Gasteiger partial charge in [0.25, 0.3) is 5.56 Å². The molecule has 100 valence electrons. The Labute approximate surface area is 116 Å². The van der Waals surface area contributed by atoms with Crippen molar-refractivity contribution in [2.24, 2.45) is 0 Å². The van der Waals surface area contributed by atoms with Crippen molar-refractivity contribution in [3.8, 4) is 0 Å². The number of thioether (sulfide) groups is 1. The third-order valence-electron chi connectivity index (χ3n) is 3.44. The molecule has 2 aromatic rings. The Bertz CT molecular complexity index is 619. The summed E-state index contributed by atoms with van der Waals surface area (Å²) in [7, 11) is 0. The van der Waals surface area contributed by atoms with Crippen LogP contribution in [-0.2, 0) is 6.54 Å². The number of hydrogen-bond acceptors (Lipinski definition) is 4. The highest BCUT2D eigenvalue weighted by Crippen LogP contribution is 2.17. The molecule has 1 fully saturated rings. The Morgan fingerprint density at radius 2 is 2.11 bits per heavy atom. The maximum absolute atomic E-state index is 11.9. The summed E-state index contributed by atoms with van der Waals surface area (Å²) in [6, 6.07) is 8.00. The third kappa shape index (κ3) is 2.98. The van der Waals surface area contributed by atoms with Crippen LogP contribution in [0, 0.1) is 0 Å². The summed E-state index contributed by atoms with van der Waals surface area (Å²) >= 11 is 2.01. The summed E-state index contributed by atoms with van der Waals surface area (Å²) in [6.07, 6.45) is 2.39. The van der Waals surface area contributed by atoms with Gasteiger partial charge in [0.2, 0.25) is 0 Å².